The van der Waals surface area contributed by atoms with Crippen molar-refractivity contribution in [2.75, 3.05) is 6.54 Å². The van der Waals surface area contributed by atoms with E-state index in [-0.39, 0.29) is 11.4 Å². The largest absolute Gasteiger partial charge is 0.392 e. The van der Waals surface area contributed by atoms with Crippen LogP contribution in [0.5, 0.6) is 0 Å². The third-order valence-electron chi connectivity index (χ3n) is 3.16. The van der Waals surface area contributed by atoms with Gasteiger partial charge in [0, 0.05) is 6.54 Å². The lowest BCUT2D eigenvalue weighted by Crippen LogP contribution is -2.32. The van der Waals surface area contributed by atoms with Gasteiger partial charge in [-0.15, -0.1) is 0 Å². The number of fused-ring (bicyclic) bond motifs is 1. The maximum Gasteiger partial charge on any atom is 0.240 e. The Morgan fingerprint density at radius 2 is 1.85 bits per heavy atom. The van der Waals surface area contributed by atoms with Crippen LogP contribution < -0.4 is 4.72 Å². The van der Waals surface area contributed by atoms with Gasteiger partial charge in [-0.2, -0.15) is 0 Å². The smallest absolute Gasteiger partial charge is 0.240 e. The highest BCUT2D eigenvalue weighted by atomic mass is 32.2. The van der Waals surface area contributed by atoms with Crippen LogP contribution in [0.3, 0.4) is 0 Å². The van der Waals surface area contributed by atoms with Crippen molar-refractivity contribution in [1.29, 1.82) is 0 Å². The van der Waals surface area contributed by atoms with E-state index in [4.69, 9.17) is 0 Å². The standard InChI is InChI=1S/C15H19NO3S/c1-2-5-14(17)11-16-20(18,19)15-9-8-12-6-3-4-7-13(12)10-15/h3-4,6-10,14,16-17H,2,5,11H2,1H3. The molecule has 0 aromatic heterocycles. The van der Waals surface area contributed by atoms with Gasteiger partial charge in [0.1, 0.15) is 0 Å². The molecule has 0 amide bonds. The van der Waals surface area contributed by atoms with Crippen molar-refractivity contribution in [2.24, 2.45) is 0 Å². The molecule has 0 aliphatic rings. The zero-order valence-corrected chi connectivity index (χ0v) is 12.2. The number of hydrogen-bond acceptors (Lipinski definition) is 3. The molecule has 20 heavy (non-hydrogen) atoms. The number of nitrogens with one attached hydrogen (secondary N) is 1. The van der Waals surface area contributed by atoms with Crippen molar-refractivity contribution in [3.05, 3.63) is 42.5 Å². The van der Waals surface area contributed by atoms with E-state index in [0.29, 0.717) is 6.42 Å². The van der Waals surface area contributed by atoms with E-state index in [2.05, 4.69) is 4.72 Å². The molecule has 2 N–H and O–H groups in total. The number of benzene rings is 2. The van der Waals surface area contributed by atoms with E-state index in [0.717, 1.165) is 17.2 Å². The van der Waals surface area contributed by atoms with Crippen LogP contribution >= 0.6 is 0 Å². The summed E-state index contributed by atoms with van der Waals surface area (Å²) in [6.45, 7) is 1.99. The Bertz CT molecular complexity index is 682. The van der Waals surface area contributed by atoms with Gasteiger partial charge < -0.3 is 5.11 Å². The van der Waals surface area contributed by atoms with Crippen molar-refractivity contribution in [2.45, 2.75) is 30.8 Å². The van der Waals surface area contributed by atoms with Crippen LogP contribution in [0.15, 0.2) is 47.4 Å². The van der Waals surface area contributed by atoms with Gasteiger partial charge in [-0.05, 0) is 29.3 Å². The quantitative estimate of drug-likeness (QED) is 0.858. The highest BCUT2D eigenvalue weighted by molar-refractivity contribution is 7.89. The third-order valence-corrected chi connectivity index (χ3v) is 4.58. The van der Waals surface area contributed by atoms with E-state index < -0.39 is 16.1 Å². The molecule has 0 aliphatic heterocycles. The van der Waals surface area contributed by atoms with Gasteiger partial charge in [0.25, 0.3) is 0 Å². The van der Waals surface area contributed by atoms with E-state index >= 15 is 0 Å². The van der Waals surface area contributed by atoms with Gasteiger partial charge in [-0.3, -0.25) is 0 Å². The van der Waals surface area contributed by atoms with Crippen molar-refractivity contribution in [1.82, 2.24) is 4.72 Å². The van der Waals surface area contributed by atoms with Gasteiger partial charge in [0.05, 0.1) is 11.0 Å². The minimum atomic E-state index is -3.58. The fourth-order valence-electron chi connectivity index (χ4n) is 2.06. The first-order chi connectivity index (χ1) is 9.53. The Morgan fingerprint density at radius 1 is 1.15 bits per heavy atom. The van der Waals surface area contributed by atoms with E-state index in [1.807, 2.05) is 31.2 Å². The summed E-state index contributed by atoms with van der Waals surface area (Å²) in [6.07, 6.45) is 0.759. The lowest BCUT2D eigenvalue weighted by molar-refractivity contribution is 0.167. The minimum Gasteiger partial charge on any atom is -0.392 e. The summed E-state index contributed by atoms with van der Waals surface area (Å²) in [5.74, 6) is 0. The molecule has 108 valence electrons. The number of sulfonamides is 1. The number of aliphatic hydroxyl groups excluding tert-OH is 1. The highest BCUT2D eigenvalue weighted by Gasteiger charge is 2.15. The van der Waals surface area contributed by atoms with Gasteiger partial charge >= 0.3 is 0 Å². The van der Waals surface area contributed by atoms with Crippen LogP contribution in [0.2, 0.25) is 0 Å². The van der Waals surface area contributed by atoms with Crippen LogP contribution in [-0.4, -0.2) is 26.2 Å². The van der Waals surface area contributed by atoms with Crippen LogP contribution in [0.1, 0.15) is 19.8 Å². The second-order valence-electron chi connectivity index (χ2n) is 4.80. The molecule has 0 bridgehead atoms. The molecule has 2 rings (SSSR count). The minimum absolute atomic E-state index is 0.0446. The first kappa shape index (κ1) is 15.0. The van der Waals surface area contributed by atoms with Crippen LogP contribution in [0, 0.1) is 0 Å². The molecule has 0 radical (unpaired) electrons. The fraction of sp³-hybridized carbons (Fsp3) is 0.333. The predicted octanol–water partition coefficient (Wildman–Crippen LogP) is 2.28. The molecular formula is C15H19NO3S. The second kappa shape index (κ2) is 6.35. The van der Waals surface area contributed by atoms with E-state index in [1.165, 1.54) is 0 Å². The molecule has 0 saturated carbocycles. The topological polar surface area (TPSA) is 66.4 Å². The maximum absolute atomic E-state index is 12.2. The van der Waals surface area contributed by atoms with Crippen molar-refractivity contribution < 1.29 is 13.5 Å². The highest BCUT2D eigenvalue weighted by Crippen LogP contribution is 2.18. The number of hydrogen-bond donors (Lipinski definition) is 2. The molecule has 2 aromatic rings. The van der Waals surface area contributed by atoms with Gasteiger partial charge in [0.15, 0.2) is 0 Å². The van der Waals surface area contributed by atoms with Crippen molar-refractivity contribution in [3.8, 4) is 0 Å². The fourth-order valence-corrected chi connectivity index (χ4v) is 3.17. The monoisotopic (exact) mass is 293 g/mol. The molecule has 1 unspecified atom stereocenters. The van der Waals surface area contributed by atoms with Gasteiger partial charge in [-0.25, -0.2) is 13.1 Å². The van der Waals surface area contributed by atoms with Crippen LogP contribution in [0.4, 0.5) is 0 Å². The molecule has 4 nitrogen and oxygen atoms in total. The predicted molar refractivity (Wildman–Crippen MR) is 80.1 cm³/mol. The van der Waals surface area contributed by atoms with Crippen LogP contribution in [0.25, 0.3) is 10.8 Å². The molecule has 0 fully saturated rings. The summed E-state index contributed by atoms with van der Waals surface area (Å²) in [5, 5.41) is 11.5. The van der Waals surface area contributed by atoms with Crippen LogP contribution in [-0.2, 0) is 10.0 Å². The summed E-state index contributed by atoms with van der Waals surface area (Å²) in [6, 6.07) is 12.6. The molecule has 0 saturated heterocycles. The first-order valence-electron chi connectivity index (χ1n) is 6.69. The molecular weight excluding hydrogens is 274 g/mol. The molecule has 5 heteroatoms. The zero-order chi connectivity index (χ0) is 14.6. The summed E-state index contributed by atoms with van der Waals surface area (Å²) in [4.78, 5) is 0.222. The summed E-state index contributed by atoms with van der Waals surface area (Å²) in [7, 11) is -3.58. The number of aliphatic hydroxyl groups is 1. The number of rotatable bonds is 6. The normalized spacial score (nSPS) is 13.5. The molecule has 0 heterocycles. The molecule has 0 spiro atoms. The Kier molecular flexibility index (Phi) is 4.75. The SMILES string of the molecule is CCCC(O)CNS(=O)(=O)c1ccc2ccccc2c1. The van der Waals surface area contributed by atoms with Gasteiger partial charge in [0.2, 0.25) is 10.0 Å². The van der Waals surface area contributed by atoms with E-state index in [1.54, 1.807) is 18.2 Å². The Morgan fingerprint density at radius 3 is 2.55 bits per heavy atom. The maximum atomic E-state index is 12.2. The molecule has 0 aliphatic carbocycles. The lowest BCUT2D eigenvalue weighted by Gasteiger charge is -2.11. The Balaban J connectivity index is 2.19. The Hall–Kier alpha value is -1.43. The lowest BCUT2D eigenvalue weighted by atomic mass is 10.1. The average Bonchev–Trinajstić information content (AvgIpc) is 2.45. The van der Waals surface area contributed by atoms with Crippen molar-refractivity contribution in [3.63, 3.8) is 0 Å². The average molecular weight is 293 g/mol. The summed E-state index contributed by atoms with van der Waals surface area (Å²) in [5.41, 5.74) is 0. The summed E-state index contributed by atoms with van der Waals surface area (Å²) >= 11 is 0. The molecule has 1 atom stereocenters. The third kappa shape index (κ3) is 3.56. The Labute approximate surface area is 119 Å². The first-order valence-corrected chi connectivity index (χ1v) is 8.18. The summed E-state index contributed by atoms with van der Waals surface area (Å²) < 4.78 is 26.8. The zero-order valence-electron chi connectivity index (χ0n) is 11.4. The molecule has 2 aromatic carbocycles. The van der Waals surface area contributed by atoms with E-state index in [9.17, 15) is 13.5 Å². The van der Waals surface area contributed by atoms with Gasteiger partial charge in [-0.1, -0.05) is 43.7 Å². The van der Waals surface area contributed by atoms with Crippen molar-refractivity contribution >= 4 is 20.8 Å². The second-order valence-corrected chi connectivity index (χ2v) is 6.57.